The van der Waals surface area contributed by atoms with Gasteiger partial charge in [-0.3, -0.25) is 9.69 Å². The molecule has 1 amide bonds. The molecule has 5 nitrogen and oxygen atoms in total. The van der Waals surface area contributed by atoms with Crippen LogP contribution in [0.4, 0.5) is 13.2 Å². The van der Waals surface area contributed by atoms with Gasteiger partial charge in [0.15, 0.2) is 0 Å². The average molecular weight is 455 g/mol. The summed E-state index contributed by atoms with van der Waals surface area (Å²) >= 11 is 0. The lowest BCUT2D eigenvalue weighted by Gasteiger charge is -2.58. The molecule has 1 aromatic carbocycles. The number of aryl methyl sites for hydroxylation is 1. The summed E-state index contributed by atoms with van der Waals surface area (Å²) in [6, 6.07) is 8.65. The standard InChI is InChI=1S/C22H32N2O.C2HF3O2/c1-17(2)15-24-14-12-21(24)9-4-13-23(16-21)20(25)22(10-11-22)19-7-5-18(3)6-8-19;3-2(4,5)1(6)7/h5-8,17H,4,9-16H2,1-3H3;(H,6,7). The monoisotopic (exact) mass is 454 g/mol. The van der Waals surface area contributed by atoms with Gasteiger partial charge < -0.3 is 10.0 Å². The molecule has 1 aromatic rings. The summed E-state index contributed by atoms with van der Waals surface area (Å²) in [5.41, 5.74) is 2.57. The lowest BCUT2D eigenvalue weighted by Crippen LogP contribution is -2.68. The van der Waals surface area contributed by atoms with Crippen molar-refractivity contribution in [3.8, 4) is 0 Å². The second-order valence-corrected chi connectivity index (χ2v) is 9.90. The molecule has 2 aliphatic heterocycles. The van der Waals surface area contributed by atoms with Crippen LogP contribution in [0.3, 0.4) is 0 Å². The number of carbonyl (C=O) groups excluding carboxylic acids is 1. The van der Waals surface area contributed by atoms with Crippen LogP contribution >= 0.6 is 0 Å². The van der Waals surface area contributed by atoms with Crippen LogP contribution in [0.5, 0.6) is 0 Å². The Balaban J connectivity index is 0.000000360. The molecular weight excluding hydrogens is 421 g/mol. The Morgan fingerprint density at radius 1 is 1.06 bits per heavy atom. The van der Waals surface area contributed by atoms with Gasteiger partial charge in [-0.15, -0.1) is 0 Å². The average Bonchev–Trinajstić information content (AvgIpc) is 3.53. The van der Waals surface area contributed by atoms with Gasteiger partial charge in [-0.05, 0) is 50.5 Å². The number of hydrogen-bond donors (Lipinski definition) is 1. The third kappa shape index (κ3) is 5.11. The Kier molecular flexibility index (Phi) is 6.94. The van der Waals surface area contributed by atoms with Crippen LogP contribution in [-0.4, -0.2) is 64.7 Å². The highest BCUT2D eigenvalue weighted by Crippen LogP contribution is 2.51. The Hall–Kier alpha value is -2.09. The molecule has 0 bridgehead atoms. The smallest absolute Gasteiger partial charge is 0.475 e. The van der Waals surface area contributed by atoms with Crippen molar-refractivity contribution in [1.29, 1.82) is 0 Å². The number of carboxylic acid groups (broad SMARTS) is 1. The second-order valence-electron chi connectivity index (χ2n) is 9.90. The van der Waals surface area contributed by atoms with Crippen LogP contribution in [0, 0.1) is 12.8 Å². The highest BCUT2D eigenvalue weighted by Gasteiger charge is 2.55. The summed E-state index contributed by atoms with van der Waals surface area (Å²) in [6.07, 6.45) is 0.647. The fraction of sp³-hybridized carbons (Fsp3) is 0.667. The molecule has 32 heavy (non-hydrogen) atoms. The summed E-state index contributed by atoms with van der Waals surface area (Å²) in [4.78, 5) is 27.2. The molecule has 0 radical (unpaired) electrons. The van der Waals surface area contributed by atoms with E-state index in [4.69, 9.17) is 9.90 Å². The number of carboxylic acids is 1. The van der Waals surface area contributed by atoms with E-state index in [1.54, 1.807) is 0 Å². The zero-order chi connectivity index (χ0) is 23.7. The van der Waals surface area contributed by atoms with E-state index in [0.29, 0.717) is 11.8 Å². The van der Waals surface area contributed by atoms with Gasteiger partial charge in [-0.25, -0.2) is 4.79 Å². The van der Waals surface area contributed by atoms with E-state index in [2.05, 4.69) is 54.8 Å². The maximum Gasteiger partial charge on any atom is 0.490 e. The number of carbonyl (C=O) groups is 2. The van der Waals surface area contributed by atoms with Crippen molar-refractivity contribution in [3.63, 3.8) is 0 Å². The van der Waals surface area contributed by atoms with Gasteiger partial charge in [0.05, 0.1) is 5.41 Å². The Morgan fingerprint density at radius 2 is 1.66 bits per heavy atom. The van der Waals surface area contributed by atoms with Crippen molar-refractivity contribution >= 4 is 11.9 Å². The second kappa shape index (κ2) is 9.04. The van der Waals surface area contributed by atoms with Crippen LogP contribution < -0.4 is 0 Å². The van der Waals surface area contributed by atoms with Crippen LogP contribution in [0.2, 0.25) is 0 Å². The van der Waals surface area contributed by atoms with Gasteiger partial charge >= 0.3 is 12.1 Å². The van der Waals surface area contributed by atoms with Crippen molar-refractivity contribution in [2.45, 2.75) is 70.0 Å². The van der Waals surface area contributed by atoms with Gasteiger partial charge in [-0.1, -0.05) is 43.7 Å². The van der Waals surface area contributed by atoms with E-state index in [0.717, 1.165) is 32.4 Å². The van der Waals surface area contributed by atoms with E-state index in [-0.39, 0.29) is 11.0 Å². The molecule has 1 saturated carbocycles. The predicted molar refractivity (Wildman–Crippen MR) is 115 cm³/mol. The van der Waals surface area contributed by atoms with Gasteiger partial charge in [0.1, 0.15) is 0 Å². The largest absolute Gasteiger partial charge is 0.490 e. The number of piperidine rings is 1. The molecule has 178 valence electrons. The topological polar surface area (TPSA) is 60.9 Å². The van der Waals surface area contributed by atoms with Gasteiger partial charge in [0.25, 0.3) is 0 Å². The number of alkyl halides is 3. The highest BCUT2D eigenvalue weighted by atomic mass is 19.4. The summed E-state index contributed by atoms with van der Waals surface area (Å²) in [6.45, 7) is 11.0. The Labute approximate surface area is 187 Å². The maximum atomic E-state index is 13.4. The number of benzene rings is 1. The molecular formula is C24H33F3N2O3. The fourth-order valence-electron chi connectivity index (χ4n) is 4.99. The quantitative estimate of drug-likeness (QED) is 0.734. The number of rotatable bonds is 4. The van der Waals surface area contributed by atoms with E-state index >= 15 is 0 Å². The van der Waals surface area contributed by atoms with Crippen molar-refractivity contribution in [2.75, 3.05) is 26.2 Å². The molecule has 1 aliphatic carbocycles. The molecule has 0 aromatic heterocycles. The van der Waals surface area contributed by atoms with E-state index < -0.39 is 12.1 Å². The molecule has 2 heterocycles. The minimum Gasteiger partial charge on any atom is -0.475 e. The third-order valence-corrected chi connectivity index (χ3v) is 6.95. The molecule has 1 N–H and O–H groups in total. The number of halogens is 3. The van der Waals surface area contributed by atoms with Gasteiger partial charge in [-0.2, -0.15) is 13.2 Å². The van der Waals surface area contributed by atoms with Crippen LogP contribution in [0.1, 0.15) is 57.1 Å². The first kappa shape index (κ1) is 24.6. The zero-order valence-corrected chi connectivity index (χ0v) is 19.0. The third-order valence-electron chi connectivity index (χ3n) is 6.95. The first-order valence-corrected chi connectivity index (χ1v) is 11.3. The summed E-state index contributed by atoms with van der Waals surface area (Å²) in [5.74, 6) is -1.66. The van der Waals surface area contributed by atoms with E-state index in [1.807, 2.05) is 0 Å². The number of hydrogen-bond acceptors (Lipinski definition) is 3. The number of likely N-dealkylation sites (tertiary alicyclic amines) is 2. The summed E-state index contributed by atoms with van der Waals surface area (Å²) < 4.78 is 31.7. The molecule has 3 aliphatic rings. The normalized spacial score (nSPS) is 24.5. The molecule has 1 atom stereocenters. The van der Waals surface area contributed by atoms with Crippen LogP contribution in [0.15, 0.2) is 24.3 Å². The van der Waals surface area contributed by atoms with Crippen molar-refractivity contribution in [2.24, 2.45) is 5.92 Å². The van der Waals surface area contributed by atoms with Crippen LogP contribution in [0.25, 0.3) is 0 Å². The first-order valence-electron chi connectivity index (χ1n) is 11.3. The molecule has 3 fully saturated rings. The Bertz CT molecular complexity index is 834. The lowest BCUT2D eigenvalue weighted by molar-refractivity contribution is -0.192. The molecule has 2 saturated heterocycles. The maximum absolute atomic E-state index is 13.4. The predicted octanol–water partition coefficient (Wildman–Crippen LogP) is 4.38. The Morgan fingerprint density at radius 3 is 2.09 bits per heavy atom. The molecule has 8 heteroatoms. The van der Waals surface area contributed by atoms with Crippen molar-refractivity contribution < 1.29 is 27.9 Å². The highest BCUT2D eigenvalue weighted by molar-refractivity contribution is 5.91. The van der Waals surface area contributed by atoms with Crippen molar-refractivity contribution in [3.05, 3.63) is 35.4 Å². The first-order chi connectivity index (χ1) is 14.9. The number of nitrogens with zero attached hydrogens (tertiary/aromatic N) is 2. The number of amides is 1. The number of aliphatic carboxylic acids is 1. The minimum atomic E-state index is -5.08. The molecule has 4 rings (SSSR count). The van der Waals surface area contributed by atoms with Crippen LogP contribution in [-0.2, 0) is 15.0 Å². The van der Waals surface area contributed by atoms with E-state index in [9.17, 15) is 18.0 Å². The zero-order valence-electron chi connectivity index (χ0n) is 19.0. The van der Waals surface area contributed by atoms with Gasteiger partial charge in [0.2, 0.25) is 5.91 Å². The summed E-state index contributed by atoms with van der Waals surface area (Å²) in [5, 5.41) is 7.12. The van der Waals surface area contributed by atoms with Crippen molar-refractivity contribution in [1.82, 2.24) is 9.80 Å². The molecule has 1 unspecified atom stereocenters. The SMILES string of the molecule is Cc1ccc(C2(C(=O)N3CCCC4(CCN4CC(C)C)C3)CC2)cc1.O=C(O)C(F)(F)F. The lowest BCUT2D eigenvalue weighted by atomic mass is 9.76. The minimum absolute atomic E-state index is 0.209. The fourth-order valence-corrected chi connectivity index (χ4v) is 4.99. The van der Waals surface area contributed by atoms with Gasteiger partial charge in [0, 0.05) is 31.7 Å². The van der Waals surface area contributed by atoms with E-state index in [1.165, 1.54) is 37.1 Å². The molecule has 1 spiro atoms. The summed E-state index contributed by atoms with van der Waals surface area (Å²) in [7, 11) is 0.